The summed E-state index contributed by atoms with van der Waals surface area (Å²) in [5.74, 6) is 0.0669. The highest BCUT2D eigenvalue weighted by molar-refractivity contribution is 5.84. The van der Waals surface area contributed by atoms with Crippen LogP contribution in [0.2, 0.25) is 0 Å². The number of ether oxygens (including phenoxy) is 1. The van der Waals surface area contributed by atoms with Gasteiger partial charge in [0.25, 0.3) is 0 Å². The van der Waals surface area contributed by atoms with Crippen molar-refractivity contribution in [2.75, 3.05) is 5.43 Å². The second-order valence-electron chi connectivity index (χ2n) is 6.04. The van der Waals surface area contributed by atoms with Crippen molar-refractivity contribution in [3.05, 3.63) is 66.1 Å². The molecule has 0 atom stereocenters. The monoisotopic (exact) mass is 378 g/mol. The van der Waals surface area contributed by atoms with Gasteiger partial charge in [0.15, 0.2) is 11.6 Å². The molecule has 0 aliphatic carbocycles. The van der Waals surface area contributed by atoms with E-state index >= 15 is 0 Å². The summed E-state index contributed by atoms with van der Waals surface area (Å²) in [6.45, 7) is 3.48. The van der Waals surface area contributed by atoms with Gasteiger partial charge in [-0.2, -0.15) is 4.39 Å². The third kappa shape index (κ3) is 3.37. The third-order valence-electron chi connectivity index (χ3n) is 4.04. The number of aromatic nitrogens is 5. The summed E-state index contributed by atoms with van der Waals surface area (Å²) in [4.78, 5) is 28.8. The molecule has 0 bridgehead atoms. The lowest BCUT2D eigenvalue weighted by Crippen LogP contribution is -2.25. The number of halogens is 1. The quantitative estimate of drug-likeness (QED) is 0.549. The van der Waals surface area contributed by atoms with Crippen molar-refractivity contribution < 1.29 is 13.9 Å². The van der Waals surface area contributed by atoms with Crippen molar-refractivity contribution in [1.82, 2.24) is 24.6 Å². The number of fused-ring (bicyclic) bond motifs is 1. The molecule has 1 amide bonds. The SMILES string of the molecule is Cc1nc(-c2ccccn2)ncc1OC(=O)Nn1cc(C)c2nc(F)ccc21. The number of nitrogens with zero attached hydrogens (tertiary/aromatic N) is 5. The van der Waals surface area contributed by atoms with Crippen LogP contribution in [-0.4, -0.2) is 30.7 Å². The first-order chi connectivity index (χ1) is 13.5. The number of rotatable bonds is 3. The van der Waals surface area contributed by atoms with E-state index in [9.17, 15) is 9.18 Å². The fourth-order valence-electron chi connectivity index (χ4n) is 2.73. The van der Waals surface area contributed by atoms with E-state index in [1.165, 1.54) is 23.0 Å². The Morgan fingerprint density at radius 2 is 2.00 bits per heavy atom. The van der Waals surface area contributed by atoms with E-state index in [2.05, 4.69) is 25.4 Å². The van der Waals surface area contributed by atoms with E-state index in [4.69, 9.17) is 4.74 Å². The van der Waals surface area contributed by atoms with Crippen molar-refractivity contribution in [2.45, 2.75) is 13.8 Å². The molecule has 0 saturated heterocycles. The fourth-order valence-corrected chi connectivity index (χ4v) is 2.73. The van der Waals surface area contributed by atoms with E-state index < -0.39 is 12.0 Å². The molecule has 4 aromatic heterocycles. The maximum atomic E-state index is 13.3. The van der Waals surface area contributed by atoms with Crippen molar-refractivity contribution >= 4 is 17.1 Å². The second-order valence-corrected chi connectivity index (χ2v) is 6.04. The van der Waals surface area contributed by atoms with Gasteiger partial charge in [0.1, 0.15) is 5.69 Å². The fraction of sp³-hybridized carbons (Fsp3) is 0.105. The number of carbonyl (C=O) groups excluding carboxylic acids is 1. The maximum absolute atomic E-state index is 13.3. The molecule has 4 aromatic rings. The first-order valence-electron chi connectivity index (χ1n) is 8.39. The molecule has 0 aromatic carbocycles. The van der Waals surface area contributed by atoms with E-state index in [-0.39, 0.29) is 5.75 Å². The van der Waals surface area contributed by atoms with Crippen LogP contribution in [0.1, 0.15) is 11.3 Å². The Labute approximate surface area is 159 Å². The van der Waals surface area contributed by atoms with Crippen molar-refractivity contribution in [3.8, 4) is 17.3 Å². The molecule has 0 aliphatic rings. The minimum absolute atomic E-state index is 0.217. The zero-order valence-corrected chi connectivity index (χ0v) is 15.0. The molecule has 4 rings (SSSR count). The molecular weight excluding hydrogens is 363 g/mol. The minimum atomic E-state index is -0.737. The molecule has 4 heterocycles. The predicted molar refractivity (Wildman–Crippen MR) is 99.8 cm³/mol. The number of hydrogen-bond donors (Lipinski definition) is 1. The van der Waals surface area contributed by atoms with Gasteiger partial charge in [0, 0.05) is 12.4 Å². The largest absolute Gasteiger partial charge is 0.432 e. The van der Waals surface area contributed by atoms with Gasteiger partial charge in [0.2, 0.25) is 5.95 Å². The summed E-state index contributed by atoms with van der Waals surface area (Å²) in [7, 11) is 0. The number of aryl methyl sites for hydroxylation is 2. The van der Waals surface area contributed by atoms with Gasteiger partial charge in [-0.3, -0.25) is 9.66 Å². The van der Waals surface area contributed by atoms with Gasteiger partial charge in [-0.15, -0.1) is 0 Å². The summed E-state index contributed by atoms with van der Waals surface area (Å²) in [6, 6.07) is 8.18. The van der Waals surface area contributed by atoms with E-state index in [1.54, 1.807) is 38.4 Å². The minimum Gasteiger partial charge on any atom is -0.406 e. The average Bonchev–Trinajstić information content (AvgIpc) is 2.99. The smallest absolute Gasteiger partial charge is 0.406 e. The average molecular weight is 378 g/mol. The lowest BCUT2D eigenvalue weighted by molar-refractivity contribution is 0.211. The molecule has 0 spiro atoms. The van der Waals surface area contributed by atoms with Gasteiger partial charge < -0.3 is 4.74 Å². The Bertz CT molecular complexity index is 1180. The third-order valence-corrected chi connectivity index (χ3v) is 4.04. The molecule has 9 heteroatoms. The zero-order valence-electron chi connectivity index (χ0n) is 15.0. The van der Waals surface area contributed by atoms with Gasteiger partial charge in [-0.25, -0.2) is 25.2 Å². The van der Waals surface area contributed by atoms with Gasteiger partial charge in [0.05, 0.1) is 22.9 Å². The molecule has 0 aliphatic heterocycles. The summed E-state index contributed by atoms with van der Waals surface area (Å²) >= 11 is 0. The molecule has 1 N–H and O–H groups in total. The molecule has 0 unspecified atom stereocenters. The van der Waals surface area contributed by atoms with Crippen LogP contribution in [0.4, 0.5) is 9.18 Å². The summed E-state index contributed by atoms with van der Waals surface area (Å²) in [5.41, 5.74) is 5.41. The first-order valence-corrected chi connectivity index (χ1v) is 8.39. The summed E-state index contributed by atoms with van der Waals surface area (Å²) < 4.78 is 20.1. The highest BCUT2D eigenvalue weighted by atomic mass is 19.1. The molecule has 0 radical (unpaired) electrons. The van der Waals surface area contributed by atoms with Crippen LogP contribution < -0.4 is 10.2 Å². The van der Waals surface area contributed by atoms with Crippen LogP contribution in [0.3, 0.4) is 0 Å². The van der Waals surface area contributed by atoms with Crippen LogP contribution in [0.25, 0.3) is 22.6 Å². The highest BCUT2D eigenvalue weighted by Crippen LogP contribution is 2.20. The maximum Gasteiger partial charge on any atom is 0.432 e. The van der Waals surface area contributed by atoms with Crippen molar-refractivity contribution in [3.63, 3.8) is 0 Å². The summed E-state index contributed by atoms with van der Waals surface area (Å²) in [6.07, 6.45) is 3.96. The van der Waals surface area contributed by atoms with Gasteiger partial charge in [-0.05, 0) is 43.7 Å². The molecule has 8 nitrogen and oxygen atoms in total. The standard InChI is InChI=1S/C19H15FN6O2/c1-11-10-26(14-6-7-16(20)24-17(11)14)25-19(27)28-15-9-22-18(23-12(15)2)13-5-3-4-8-21-13/h3-10H,1-2H3,(H,25,27). The number of nitrogens with one attached hydrogen (secondary N) is 1. The van der Waals surface area contributed by atoms with E-state index in [0.717, 1.165) is 0 Å². The Balaban J connectivity index is 1.53. The lowest BCUT2D eigenvalue weighted by atomic mass is 10.3. The highest BCUT2D eigenvalue weighted by Gasteiger charge is 2.14. The van der Waals surface area contributed by atoms with Crippen LogP contribution in [-0.2, 0) is 0 Å². The number of pyridine rings is 2. The van der Waals surface area contributed by atoms with Crippen LogP contribution in [0.5, 0.6) is 5.75 Å². The lowest BCUT2D eigenvalue weighted by Gasteiger charge is -2.10. The predicted octanol–water partition coefficient (Wildman–Crippen LogP) is 3.39. The summed E-state index contributed by atoms with van der Waals surface area (Å²) in [5, 5.41) is 0. The van der Waals surface area contributed by atoms with Gasteiger partial charge in [-0.1, -0.05) is 6.07 Å². The molecular formula is C19H15FN6O2. The normalized spacial score (nSPS) is 10.8. The Morgan fingerprint density at radius 3 is 2.75 bits per heavy atom. The Morgan fingerprint density at radius 1 is 1.14 bits per heavy atom. The van der Waals surface area contributed by atoms with Crippen LogP contribution in [0.15, 0.2) is 48.9 Å². The van der Waals surface area contributed by atoms with Crippen molar-refractivity contribution in [1.29, 1.82) is 0 Å². The number of carbonyl (C=O) groups is 1. The van der Waals surface area contributed by atoms with Crippen molar-refractivity contribution in [2.24, 2.45) is 0 Å². The first kappa shape index (κ1) is 17.5. The topological polar surface area (TPSA) is 94.8 Å². The zero-order chi connectivity index (χ0) is 19.7. The van der Waals surface area contributed by atoms with E-state index in [1.807, 2.05) is 6.07 Å². The van der Waals surface area contributed by atoms with Crippen LogP contribution >= 0.6 is 0 Å². The molecule has 28 heavy (non-hydrogen) atoms. The Hall–Kier alpha value is -3.88. The van der Waals surface area contributed by atoms with Crippen LogP contribution in [0, 0.1) is 19.8 Å². The number of hydrogen-bond acceptors (Lipinski definition) is 6. The molecule has 0 fully saturated rings. The molecule has 140 valence electrons. The second kappa shape index (κ2) is 7.03. The van der Waals surface area contributed by atoms with E-state index in [0.29, 0.717) is 33.8 Å². The van der Waals surface area contributed by atoms with Gasteiger partial charge >= 0.3 is 6.09 Å². The number of amides is 1. The molecule has 0 saturated carbocycles. The Kier molecular flexibility index (Phi) is 4.40.